The molecule has 0 unspecified atom stereocenters. The van der Waals surface area contributed by atoms with E-state index in [2.05, 4.69) is 20.4 Å². The molecule has 0 saturated heterocycles. The number of carbonyl (C=O) groups is 1. The number of nitrogens with one attached hydrogen (secondary N) is 1. The van der Waals surface area contributed by atoms with Gasteiger partial charge in [-0.05, 0) is 31.7 Å². The number of amides is 1. The predicted octanol–water partition coefficient (Wildman–Crippen LogP) is 1.86. The average molecular weight is 398 g/mol. The lowest BCUT2D eigenvalue weighted by Gasteiger charge is -2.29. The Hall–Kier alpha value is -2.78. The number of fused-ring (bicyclic) bond motifs is 1. The van der Waals surface area contributed by atoms with Gasteiger partial charge in [0, 0.05) is 44.2 Å². The zero-order chi connectivity index (χ0) is 20.2. The van der Waals surface area contributed by atoms with Crippen molar-refractivity contribution in [3.63, 3.8) is 0 Å². The number of ether oxygens (including phenoxy) is 2. The standard InChI is InChI=1S/C20H26N6O3/c1-25-12-14-11-17(26-8-7-21-13-26)23-19(18(14)24-25)20(27)22-15-3-5-16(6-4-15)29-10-9-28-2/h7-8,11-13,15-16H,3-6,9-10H2,1-2H3,(H,22,27)/t15-,16-. The summed E-state index contributed by atoms with van der Waals surface area (Å²) in [6.07, 6.45) is 10.9. The Kier molecular flexibility index (Phi) is 5.86. The summed E-state index contributed by atoms with van der Waals surface area (Å²) in [6.45, 7) is 1.22. The van der Waals surface area contributed by atoms with Crippen LogP contribution in [0.15, 0.2) is 31.0 Å². The van der Waals surface area contributed by atoms with Crippen LogP contribution < -0.4 is 5.32 Å². The summed E-state index contributed by atoms with van der Waals surface area (Å²) in [4.78, 5) is 21.7. The van der Waals surface area contributed by atoms with Crippen LogP contribution in [0.2, 0.25) is 0 Å². The summed E-state index contributed by atoms with van der Waals surface area (Å²) in [5.74, 6) is 0.447. The fourth-order valence-electron chi connectivity index (χ4n) is 3.75. The Morgan fingerprint density at radius 3 is 2.83 bits per heavy atom. The van der Waals surface area contributed by atoms with Crippen LogP contribution in [0.3, 0.4) is 0 Å². The Morgan fingerprint density at radius 2 is 2.10 bits per heavy atom. The fraction of sp³-hybridized carbons (Fsp3) is 0.500. The molecule has 0 spiro atoms. The quantitative estimate of drug-likeness (QED) is 0.610. The molecule has 29 heavy (non-hydrogen) atoms. The summed E-state index contributed by atoms with van der Waals surface area (Å²) in [6, 6.07) is 2.02. The minimum atomic E-state index is -0.195. The maximum absolute atomic E-state index is 13.1. The van der Waals surface area contributed by atoms with Gasteiger partial charge in [-0.1, -0.05) is 0 Å². The number of pyridine rings is 1. The zero-order valence-electron chi connectivity index (χ0n) is 16.7. The number of aryl methyl sites for hydroxylation is 1. The first-order valence-corrected chi connectivity index (χ1v) is 9.88. The van der Waals surface area contributed by atoms with Gasteiger partial charge in [-0.15, -0.1) is 0 Å². The molecule has 154 valence electrons. The summed E-state index contributed by atoms with van der Waals surface area (Å²) >= 11 is 0. The van der Waals surface area contributed by atoms with E-state index in [1.54, 1.807) is 35.1 Å². The van der Waals surface area contributed by atoms with Gasteiger partial charge in [0.15, 0.2) is 5.69 Å². The van der Waals surface area contributed by atoms with Crippen molar-refractivity contribution in [3.8, 4) is 5.82 Å². The van der Waals surface area contributed by atoms with E-state index in [-0.39, 0.29) is 18.1 Å². The molecule has 1 N–H and O–H groups in total. The van der Waals surface area contributed by atoms with E-state index in [4.69, 9.17) is 9.47 Å². The molecule has 4 rings (SSSR count). The highest BCUT2D eigenvalue weighted by atomic mass is 16.5. The van der Waals surface area contributed by atoms with Crippen molar-refractivity contribution in [1.82, 2.24) is 29.6 Å². The number of hydrogen-bond donors (Lipinski definition) is 1. The number of aromatic nitrogens is 5. The first-order valence-electron chi connectivity index (χ1n) is 9.88. The Morgan fingerprint density at radius 1 is 1.28 bits per heavy atom. The van der Waals surface area contributed by atoms with Crippen molar-refractivity contribution in [2.45, 2.75) is 37.8 Å². The molecule has 0 aromatic carbocycles. The largest absolute Gasteiger partial charge is 0.382 e. The van der Waals surface area contributed by atoms with Crippen LogP contribution in [-0.2, 0) is 16.5 Å². The summed E-state index contributed by atoms with van der Waals surface area (Å²) in [5, 5.41) is 8.45. The van der Waals surface area contributed by atoms with Crippen LogP contribution >= 0.6 is 0 Å². The SMILES string of the molecule is COCCO[C@H]1CC[C@H](NC(=O)c2nc(-n3ccnc3)cc3cn(C)nc23)CC1. The molecule has 0 bridgehead atoms. The molecule has 0 radical (unpaired) electrons. The molecule has 3 aromatic heterocycles. The predicted molar refractivity (Wildman–Crippen MR) is 107 cm³/mol. The minimum Gasteiger partial charge on any atom is -0.382 e. The highest BCUT2D eigenvalue weighted by molar-refractivity contribution is 6.04. The highest BCUT2D eigenvalue weighted by Crippen LogP contribution is 2.23. The highest BCUT2D eigenvalue weighted by Gasteiger charge is 2.25. The average Bonchev–Trinajstić information content (AvgIpc) is 3.37. The number of imidazole rings is 1. The Balaban J connectivity index is 1.47. The van der Waals surface area contributed by atoms with E-state index in [0.29, 0.717) is 30.2 Å². The molecular formula is C20H26N6O3. The third kappa shape index (κ3) is 4.46. The molecule has 9 heteroatoms. The van der Waals surface area contributed by atoms with E-state index in [9.17, 15) is 4.79 Å². The molecule has 0 atom stereocenters. The second kappa shape index (κ2) is 8.71. The van der Waals surface area contributed by atoms with Crippen molar-refractivity contribution in [2.24, 2.45) is 7.05 Å². The lowest BCUT2D eigenvalue weighted by atomic mass is 9.93. The van der Waals surface area contributed by atoms with Crippen LogP contribution in [0.5, 0.6) is 0 Å². The summed E-state index contributed by atoms with van der Waals surface area (Å²) < 4.78 is 14.3. The number of hydrogen-bond acceptors (Lipinski definition) is 6. The molecule has 3 aromatic rings. The molecule has 3 heterocycles. The van der Waals surface area contributed by atoms with Crippen LogP contribution in [0.4, 0.5) is 0 Å². The van der Waals surface area contributed by atoms with E-state index in [0.717, 1.165) is 31.1 Å². The fourth-order valence-corrected chi connectivity index (χ4v) is 3.75. The zero-order valence-corrected chi connectivity index (χ0v) is 16.7. The lowest BCUT2D eigenvalue weighted by Crippen LogP contribution is -2.39. The molecule has 0 aliphatic heterocycles. The van der Waals surface area contributed by atoms with Crippen LogP contribution in [-0.4, -0.2) is 62.7 Å². The first-order chi connectivity index (χ1) is 14.1. The van der Waals surface area contributed by atoms with E-state index >= 15 is 0 Å². The normalized spacial score (nSPS) is 19.5. The summed E-state index contributed by atoms with van der Waals surface area (Å²) in [7, 11) is 3.51. The van der Waals surface area contributed by atoms with E-state index in [1.165, 1.54) is 0 Å². The van der Waals surface area contributed by atoms with Crippen LogP contribution in [0, 0.1) is 0 Å². The summed E-state index contributed by atoms with van der Waals surface area (Å²) in [5.41, 5.74) is 0.940. The number of methoxy groups -OCH3 is 1. The first kappa shape index (κ1) is 19.5. The van der Waals surface area contributed by atoms with Gasteiger partial charge in [-0.3, -0.25) is 14.0 Å². The Labute approximate surface area is 169 Å². The smallest absolute Gasteiger partial charge is 0.272 e. The minimum absolute atomic E-state index is 0.113. The molecule has 1 fully saturated rings. The van der Waals surface area contributed by atoms with Crippen molar-refractivity contribution < 1.29 is 14.3 Å². The van der Waals surface area contributed by atoms with Crippen molar-refractivity contribution in [2.75, 3.05) is 20.3 Å². The maximum atomic E-state index is 13.1. The van der Waals surface area contributed by atoms with Gasteiger partial charge in [0.05, 0.1) is 19.3 Å². The van der Waals surface area contributed by atoms with Gasteiger partial charge in [0.25, 0.3) is 5.91 Å². The second-order valence-corrected chi connectivity index (χ2v) is 7.35. The third-order valence-corrected chi connectivity index (χ3v) is 5.23. The lowest BCUT2D eigenvalue weighted by molar-refractivity contribution is -0.00409. The molecule has 9 nitrogen and oxygen atoms in total. The van der Waals surface area contributed by atoms with Gasteiger partial charge < -0.3 is 14.8 Å². The molecule has 1 saturated carbocycles. The van der Waals surface area contributed by atoms with Gasteiger partial charge in [0.2, 0.25) is 0 Å². The van der Waals surface area contributed by atoms with Gasteiger partial charge >= 0.3 is 0 Å². The topological polar surface area (TPSA) is 96.1 Å². The van der Waals surface area contributed by atoms with E-state index in [1.807, 2.05) is 19.3 Å². The second-order valence-electron chi connectivity index (χ2n) is 7.35. The van der Waals surface area contributed by atoms with Gasteiger partial charge in [-0.25, -0.2) is 9.97 Å². The van der Waals surface area contributed by atoms with Gasteiger partial charge in [-0.2, -0.15) is 5.10 Å². The monoisotopic (exact) mass is 398 g/mol. The molecule has 1 aliphatic carbocycles. The number of nitrogens with zero attached hydrogens (tertiary/aromatic N) is 5. The van der Waals surface area contributed by atoms with Crippen molar-refractivity contribution in [1.29, 1.82) is 0 Å². The molecular weight excluding hydrogens is 372 g/mol. The molecule has 1 amide bonds. The van der Waals surface area contributed by atoms with Crippen molar-refractivity contribution in [3.05, 3.63) is 36.7 Å². The number of carbonyl (C=O) groups excluding carboxylic acids is 1. The third-order valence-electron chi connectivity index (χ3n) is 5.23. The van der Waals surface area contributed by atoms with Crippen LogP contribution in [0.1, 0.15) is 36.2 Å². The van der Waals surface area contributed by atoms with Crippen LogP contribution in [0.25, 0.3) is 16.7 Å². The van der Waals surface area contributed by atoms with Crippen molar-refractivity contribution >= 4 is 16.8 Å². The van der Waals surface area contributed by atoms with E-state index < -0.39 is 0 Å². The maximum Gasteiger partial charge on any atom is 0.272 e. The number of rotatable bonds is 7. The Bertz CT molecular complexity index is 960. The van der Waals surface area contributed by atoms with Gasteiger partial charge in [0.1, 0.15) is 17.7 Å². The molecule has 1 aliphatic rings.